The van der Waals surface area contributed by atoms with E-state index in [1.54, 1.807) is 0 Å². The standard InChI is InChI=1S/C6H10N5O.ClH.Hg/c1-4(12)2-8-6-10-3-9-5(7)11-6;;/h3-4,12H,1-2H2,(H3,7,8,9,10,11);1H;/q;;+1/p-1. The second kappa shape index (κ2) is 6.31. The van der Waals surface area contributed by atoms with Gasteiger partial charge in [-0.05, 0) is 0 Å². The summed E-state index contributed by atoms with van der Waals surface area (Å²) in [6.07, 6.45) is 0.908. The maximum atomic E-state index is 9.39. The number of nitrogens with two attached hydrogens (primary N) is 1. The number of anilines is 2. The molecule has 8 heteroatoms. The number of aliphatic hydroxyl groups excluding tert-OH is 1. The first kappa shape index (κ1) is 11.9. The first-order valence-electron chi connectivity index (χ1n) is 4.15. The van der Waals surface area contributed by atoms with Gasteiger partial charge in [0, 0.05) is 0 Å². The molecular formula is C6H10ClHgN5O. The Labute approximate surface area is 97.2 Å². The number of halogens is 1. The van der Waals surface area contributed by atoms with E-state index < -0.39 is 29.4 Å². The molecule has 74 valence electrons. The minimum absolute atomic E-state index is 0.161. The van der Waals surface area contributed by atoms with Crippen LogP contribution in [0.25, 0.3) is 0 Å². The van der Waals surface area contributed by atoms with Gasteiger partial charge < -0.3 is 0 Å². The van der Waals surface area contributed by atoms with Crippen molar-refractivity contribution in [2.45, 2.75) is 10.0 Å². The molecule has 1 rings (SSSR count). The summed E-state index contributed by atoms with van der Waals surface area (Å²) < 4.78 is 0.745. The van der Waals surface area contributed by atoms with Gasteiger partial charge in [-0.1, -0.05) is 0 Å². The van der Waals surface area contributed by atoms with Gasteiger partial charge in [0.15, 0.2) is 0 Å². The molecule has 0 bridgehead atoms. The maximum absolute atomic E-state index is 9.39. The van der Waals surface area contributed by atoms with Gasteiger partial charge in [0.25, 0.3) is 0 Å². The average Bonchev–Trinajstić information content (AvgIpc) is 2.15. The Bertz CT molecular complexity index is 289. The van der Waals surface area contributed by atoms with Crippen molar-refractivity contribution in [2.24, 2.45) is 0 Å². The number of nitrogens with zero attached hydrogens (tertiary/aromatic N) is 3. The van der Waals surface area contributed by atoms with Gasteiger partial charge in [-0.15, -0.1) is 0 Å². The van der Waals surface area contributed by atoms with E-state index in [0.29, 0.717) is 12.5 Å². The van der Waals surface area contributed by atoms with E-state index in [0.717, 1.165) is 3.93 Å². The van der Waals surface area contributed by atoms with Crippen molar-refractivity contribution in [1.82, 2.24) is 15.0 Å². The minimum atomic E-state index is -1.27. The molecule has 0 aliphatic heterocycles. The number of hydrogen-bond acceptors (Lipinski definition) is 6. The van der Waals surface area contributed by atoms with Crippen LogP contribution in [0.2, 0.25) is 3.93 Å². The summed E-state index contributed by atoms with van der Waals surface area (Å²) in [5.74, 6) is 0.539. The fraction of sp³-hybridized carbons (Fsp3) is 0.500. The van der Waals surface area contributed by atoms with Crippen LogP contribution >= 0.6 is 8.25 Å². The first-order valence-corrected chi connectivity index (χ1v) is 14.8. The fourth-order valence-corrected chi connectivity index (χ4v) is 4.81. The van der Waals surface area contributed by atoms with Crippen LogP contribution in [0.4, 0.5) is 11.9 Å². The third kappa shape index (κ3) is 4.34. The third-order valence-electron chi connectivity index (χ3n) is 1.53. The predicted molar refractivity (Wildman–Crippen MR) is 49.4 cm³/mol. The molecule has 0 aromatic carbocycles. The van der Waals surface area contributed by atoms with Crippen LogP contribution in [0.3, 0.4) is 0 Å². The number of nitrogen functional groups attached to an aromatic ring is 1. The van der Waals surface area contributed by atoms with E-state index in [1.165, 1.54) is 6.33 Å². The van der Waals surface area contributed by atoms with Crippen LogP contribution in [0.15, 0.2) is 6.33 Å². The fourth-order valence-electron chi connectivity index (χ4n) is 0.831. The molecule has 4 N–H and O–H groups in total. The van der Waals surface area contributed by atoms with Crippen molar-refractivity contribution in [1.29, 1.82) is 0 Å². The Morgan fingerprint density at radius 1 is 1.64 bits per heavy atom. The average molecular weight is 404 g/mol. The number of aliphatic hydroxyl groups is 1. The zero-order valence-electron chi connectivity index (χ0n) is 7.52. The number of hydrogen-bond donors (Lipinski definition) is 3. The molecule has 14 heavy (non-hydrogen) atoms. The summed E-state index contributed by atoms with van der Waals surface area (Å²) in [5.41, 5.74) is 5.35. The van der Waals surface area contributed by atoms with Gasteiger partial charge in [0.2, 0.25) is 0 Å². The van der Waals surface area contributed by atoms with Crippen molar-refractivity contribution in [3.8, 4) is 0 Å². The Kier molecular flexibility index (Phi) is 5.35. The van der Waals surface area contributed by atoms with Crippen molar-refractivity contribution in [3.63, 3.8) is 0 Å². The van der Waals surface area contributed by atoms with Crippen LogP contribution in [0.1, 0.15) is 0 Å². The van der Waals surface area contributed by atoms with E-state index in [-0.39, 0.29) is 5.95 Å². The topological polar surface area (TPSA) is 97.0 Å². The Balaban J connectivity index is 2.37. The zero-order valence-corrected chi connectivity index (χ0v) is 13.8. The molecule has 0 aliphatic carbocycles. The van der Waals surface area contributed by atoms with Gasteiger partial charge in [-0.2, -0.15) is 0 Å². The van der Waals surface area contributed by atoms with Crippen molar-refractivity contribution < 1.29 is 28.4 Å². The van der Waals surface area contributed by atoms with E-state index in [4.69, 9.17) is 14.0 Å². The Morgan fingerprint density at radius 2 is 2.43 bits per heavy atom. The Hall–Kier alpha value is -0.205. The molecule has 1 aromatic rings. The third-order valence-corrected chi connectivity index (χ3v) is 6.88. The quantitative estimate of drug-likeness (QED) is 0.593. The van der Waals surface area contributed by atoms with Gasteiger partial charge >= 0.3 is 97.5 Å². The zero-order chi connectivity index (χ0) is 10.4. The number of rotatable bonds is 5. The molecular weight excluding hydrogens is 394 g/mol. The van der Waals surface area contributed by atoms with Crippen LogP contribution in [0, 0.1) is 0 Å². The number of nitrogens with one attached hydrogen (secondary N) is 1. The molecule has 1 atom stereocenters. The summed E-state index contributed by atoms with van der Waals surface area (Å²) in [5, 5.41) is 12.2. The van der Waals surface area contributed by atoms with Crippen LogP contribution in [-0.4, -0.2) is 32.7 Å². The van der Waals surface area contributed by atoms with Crippen LogP contribution in [0.5, 0.6) is 0 Å². The molecule has 6 nitrogen and oxygen atoms in total. The van der Waals surface area contributed by atoms with E-state index in [1.807, 2.05) is 0 Å². The molecule has 0 spiro atoms. The van der Waals surface area contributed by atoms with Gasteiger partial charge in [-0.25, -0.2) is 0 Å². The predicted octanol–water partition coefficient (Wildman–Crippen LogP) is -0.119. The van der Waals surface area contributed by atoms with Gasteiger partial charge in [0.05, 0.1) is 0 Å². The molecule has 0 fully saturated rings. The summed E-state index contributed by atoms with van der Waals surface area (Å²) in [4.78, 5) is 11.3. The molecule has 0 radical (unpaired) electrons. The molecule has 0 amide bonds. The van der Waals surface area contributed by atoms with E-state index in [9.17, 15) is 5.11 Å². The van der Waals surface area contributed by atoms with Crippen molar-refractivity contribution >= 4 is 20.1 Å². The summed E-state index contributed by atoms with van der Waals surface area (Å²) in [6.45, 7) is 0.399. The van der Waals surface area contributed by atoms with Gasteiger partial charge in [0.1, 0.15) is 0 Å². The molecule has 1 heterocycles. The monoisotopic (exact) mass is 405 g/mol. The second-order valence-corrected chi connectivity index (χ2v) is 9.71. The number of aromatic nitrogens is 3. The summed E-state index contributed by atoms with van der Waals surface area (Å²) in [6, 6.07) is 0. The van der Waals surface area contributed by atoms with Crippen molar-refractivity contribution in [3.05, 3.63) is 6.33 Å². The molecule has 1 aromatic heterocycles. The van der Waals surface area contributed by atoms with Crippen molar-refractivity contribution in [2.75, 3.05) is 17.6 Å². The molecule has 0 saturated carbocycles. The molecule has 1 unspecified atom stereocenters. The second-order valence-electron chi connectivity index (χ2n) is 2.68. The van der Waals surface area contributed by atoms with E-state index >= 15 is 0 Å². The molecule has 0 saturated heterocycles. The Morgan fingerprint density at radius 3 is 3.07 bits per heavy atom. The van der Waals surface area contributed by atoms with E-state index in [2.05, 4.69) is 20.3 Å². The SMILES string of the molecule is Nc1ncnc(NCC(O)[CH2][Hg][Cl])n1. The molecule has 0 aliphatic rings. The van der Waals surface area contributed by atoms with Crippen LogP contribution < -0.4 is 11.1 Å². The van der Waals surface area contributed by atoms with Crippen LogP contribution in [-0.2, 0) is 23.3 Å². The summed E-state index contributed by atoms with van der Waals surface area (Å²) >= 11 is -1.27. The summed E-state index contributed by atoms with van der Waals surface area (Å²) in [7, 11) is 5.68. The van der Waals surface area contributed by atoms with Gasteiger partial charge in [-0.3, -0.25) is 0 Å². The normalized spacial score (nSPS) is 11.9. The first-order chi connectivity index (χ1) is 6.72.